The quantitative estimate of drug-likeness (QED) is 0.534. The number of hydrogen-bond donors (Lipinski definition) is 1. The van der Waals surface area contributed by atoms with E-state index in [-0.39, 0.29) is 6.42 Å². The van der Waals surface area contributed by atoms with Gasteiger partial charge in [0.25, 0.3) is 0 Å². The Hall–Kier alpha value is -1.96. The van der Waals surface area contributed by atoms with Gasteiger partial charge < -0.3 is 5.32 Å². The molecule has 3 nitrogen and oxygen atoms in total. The highest BCUT2D eigenvalue weighted by Gasteiger charge is 2.30. The average Bonchev–Trinajstić information content (AvgIpc) is 2.87. The van der Waals surface area contributed by atoms with Gasteiger partial charge >= 0.3 is 0 Å². The molecule has 0 aliphatic carbocycles. The standard InChI is InChI=1S/C13H12F5N3/c1-19-7(5-6-3-4-21(2)20-6)8-9(14)11(16)13(18)12(17)10(8)15/h3-4,7,19H,5H2,1-2H3. The highest BCUT2D eigenvalue weighted by molar-refractivity contribution is 5.28. The Balaban J connectivity index is 2.47. The number of benzene rings is 1. The molecule has 0 spiro atoms. The van der Waals surface area contributed by atoms with E-state index >= 15 is 0 Å². The fraction of sp³-hybridized carbons (Fsp3) is 0.308. The maximum Gasteiger partial charge on any atom is 0.200 e. The second-order valence-electron chi connectivity index (χ2n) is 4.51. The molecule has 1 aromatic carbocycles. The van der Waals surface area contributed by atoms with Gasteiger partial charge in [-0.15, -0.1) is 0 Å². The second-order valence-corrected chi connectivity index (χ2v) is 4.51. The molecule has 0 radical (unpaired) electrons. The van der Waals surface area contributed by atoms with Gasteiger partial charge in [0.1, 0.15) is 0 Å². The minimum Gasteiger partial charge on any atom is -0.312 e. The van der Waals surface area contributed by atoms with Crippen LogP contribution >= 0.6 is 0 Å². The van der Waals surface area contributed by atoms with Gasteiger partial charge in [-0.3, -0.25) is 4.68 Å². The largest absolute Gasteiger partial charge is 0.312 e. The molecule has 21 heavy (non-hydrogen) atoms. The summed E-state index contributed by atoms with van der Waals surface area (Å²) in [5, 5.41) is 6.56. The second kappa shape index (κ2) is 5.80. The lowest BCUT2D eigenvalue weighted by Gasteiger charge is -2.18. The SMILES string of the molecule is CNC(Cc1ccn(C)n1)c1c(F)c(F)c(F)c(F)c1F. The lowest BCUT2D eigenvalue weighted by atomic mass is 10.00. The van der Waals surface area contributed by atoms with E-state index in [1.54, 1.807) is 19.3 Å². The molecule has 1 heterocycles. The molecule has 2 aromatic rings. The summed E-state index contributed by atoms with van der Waals surface area (Å²) in [5.41, 5.74) is -0.430. The Labute approximate surface area is 117 Å². The van der Waals surface area contributed by atoms with Crippen LogP contribution < -0.4 is 5.32 Å². The van der Waals surface area contributed by atoms with Crippen LogP contribution in [0.5, 0.6) is 0 Å². The molecule has 114 valence electrons. The van der Waals surface area contributed by atoms with Gasteiger partial charge in [0, 0.05) is 31.3 Å². The Morgan fingerprint density at radius 1 is 1.05 bits per heavy atom. The molecular weight excluding hydrogens is 293 g/mol. The highest BCUT2D eigenvalue weighted by Crippen LogP contribution is 2.29. The van der Waals surface area contributed by atoms with Gasteiger partial charge in [0.2, 0.25) is 5.82 Å². The van der Waals surface area contributed by atoms with E-state index < -0.39 is 40.7 Å². The Morgan fingerprint density at radius 3 is 2.00 bits per heavy atom. The fourth-order valence-corrected chi connectivity index (χ4v) is 2.06. The summed E-state index contributed by atoms with van der Waals surface area (Å²) < 4.78 is 68.5. The summed E-state index contributed by atoms with van der Waals surface area (Å²) >= 11 is 0. The Bertz CT molecular complexity index is 639. The summed E-state index contributed by atoms with van der Waals surface area (Å²) in [4.78, 5) is 0. The molecule has 2 rings (SSSR count). The summed E-state index contributed by atoms with van der Waals surface area (Å²) in [5.74, 6) is -9.74. The lowest BCUT2D eigenvalue weighted by molar-refractivity contribution is 0.358. The van der Waals surface area contributed by atoms with Crippen molar-refractivity contribution in [3.05, 3.63) is 52.6 Å². The van der Waals surface area contributed by atoms with Crippen LogP contribution in [0.1, 0.15) is 17.3 Å². The molecule has 0 aliphatic heterocycles. The van der Waals surface area contributed by atoms with E-state index in [9.17, 15) is 22.0 Å². The smallest absolute Gasteiger partial charge is 0.200 e. The number of aryl methyl sites for hydroxylation is 1. The van der Waals surface area contributed by atoms with Gasteiger partial charge in [0.05, 0.1) is 5.69 Å². The van der Waals surface area contributed by atoms with E-state index in [2.05, 4.69) is 10.4 Å². The first-order valence-corrected chi connectivity index (χ1v) is 6.04. The van der Waals surface area contributed by atoms with Gasteiger partial charge in [-0.2, -0.15) is 5.10 Å². The molecule has 1 aromatic heterocycles. The van der Waals surface area contributed by atoms with Crippen molar-refractivity contribution in [1.29, 1.82) is 0 Å². The minimum atomic E-state index is -2.17. The van der Waals surface area contributed by atoms with Crippen molar-refractivity contribution in [3.63, 3.8) is 0 Å². The zero-order valence-corrected chi connectivity index (χ0v) is 11.2. The van der Waals surface area contributed by atoms with Crippen LogP contribution in [-0.2, 0) is 13.5 Å². The molecule has 0 saturated heterocycles. The first-order chi connectivity index (χ1) is 9.86. The van der Waals surface area contributed by atoms with Gasteiger partial charge in [-0.05, 0) is 13.1 Å². The zero-order valence-electron chi connectivity index (χ0n) is 11.2. The first-order valence-electron chi connectivity index (χ1n) is 6.04. The predicted octanol–water partition coefficient (Wildman–Crippen LogP) is 2.62. The highest BCUT2D eigenvalue weighted by atomic mass is 19.2. The van der Waals surface area contributed by atoms with Crippen molar-refractivity contribution in [1.82, 2.24) is 15.1 Å². The molecule has 8 heteroatoms. The predicted molar refractivity (Wildman–Crippen MR) is 64.9 cm³/mol. The first kappa shape index (κ1) is 15.4. The maximum atomic E-state index is 13.8. The Morgan fingerprint density at radius 2 is 1.57 bits per heavy atom. The maximum absolute atomic E-state index is 13.8. The van der Waals surface area contributed by atoms with E-state index in [0.717, 1.165) is 0 Å². The number of halogens is 5. The van der Waals surface area contributed by atoms with Crippen LogP contribution in [0.15, 0.2) is 12.3 Å². The topological polar surface area (TPSA) is 29.9 Å². The number of hydrogen-bond acceptors (Lipinski definition) is 2. The van der Waals surface area contributed by atoms with Crippen molar-refractivity contribution < 1.29 is 22.0 Å². The zero-order chi connectivity index (χ0) is 15.7. The normalized spacial score (nSPS) is 12.7. The molecule has 0 amide bonds. The van der Waals surface area contributed by atoms with Crippen molar-refractivity contribution in [2.24, 2.45) is 7.05 Å². The molecule has 0 bridgehead atoms. The Kier molecular flexibility index (Phi) is 4.26. The molecule has 0 fully saturated rings. The van der Waals surface area contributed by atoms with E-state index in [4.69, 9.17) is 0 Å². The number of likely N-dealkylation sites (N-methyl/N-ethyl adjacent to an activating group) is 1. The van der Waals surface area contributed by atoms with Gasteiger partial charge in [-0.1, -0.05) is 0 Å². The van der Waals surface area contributed by atoms with Crippen LogP contribution in [0, 0.1) is 29.1 Å². The number of aromatic nitrogens is 2. The molecule has 1 N–H and O–H groups in total. The van der Waals surface area contributed by atoms with Gasteiger partial charge in [-0.25, -0.2) is 22.0 Å². The van der Waals surface area contributed by atoms with Crippen LogP contribution in [0.4, 0.5) is 22.0 Å². The third kappa shape index (κ3) is 2.76. The monoisotopic (exact) mass is 305 g/mol. The summed E-state index contributed by atoms with van der Waals surface area (Å²) in [6.07, 6.45) is 1.59. The van der Waals surface area contributed by atoms with E-state index in [1.807, 2.05) is 0 Å². The third-order valence-corrected chi connectivity index (χ3v) is 3.12. The van der Waals surface area contributed by atoms with Crippen LogP contribution in [-0.4, -0.2) is 16.8 Å². The molecule has 0 aliphatic rings. The van der Waals surface area contributed by atoms with E-state index in [1.165, 1.54) is 11.7 Å². The van der Waals surface area contributed by atoms with Crippen LogP contribution in [0.2, 0.25) is 0 Å². The number of nitrogens with one attached hydrogen (secondary N) is 1. The molecule has 0 saturated carbocycles. The lowest BCUT2D eigenvalue weighted by Crippen LogP contribution is -2.23. The average molecular weight is 305 g/mol. The van der Waals surface area contributed by atoms with E-state index in [0.29, 0.717) is 5.69 Å². The van der Waals surface area contributed by atoms with Crippen LogP contribution in [0.3, 0.4) is 0 Å². The number of rotatable bonds is 4. The van der Waals surface area contributed by atoms with Crippen molar-refractivity contribution in [2.45, 2.75) is 12.5 Å². The van der Waals surface area contributed by atoms with Crippen LogP contribution in [0.25, 0.3) is 0 Å². The molecule has 1 unspecified atom stereocenters. The summed E-state index contributed by atoms with van der Waals surface area (Å²) in [6, 6.07) is 0.501. The van der Waals surface area contributed by atoms with Gasteiger partial charge in [0.15, 0.2) is 23.3 Å². The summed E-state index contributed by atoms with van der Waals surface area (Å²) in [6.45, 7) is 0. The minimum absolute atomic E-state index is 0.0182. The third-order valence-electron chi connectivity index (χ3n) is 3.12. The fourth-order valence-electron chi connectivity index (χ4n) is 2.06. The van der Waals surface area contributed by atoms with Crippen molar-refractivity contribution in [3.8, 4) is 0 Å². The van der Waals surface area contributed by atoms with Crippen molar-refractivity contribution >= 4 is 0 Å². The summed E-state index contributed by atoms with van der Waals surface area (Å²) in [7, 11) is 3.02. The molecule has 1 atom stereocenters. The number of nitrogens with zero attached hydrogens (tertiary/aromatic N) is 2. The van der Waals surface area contributed by atoms with Crippen molar-refractivity contribution in [2.75, 3.05) is 7.05 Å². The molecular formula is C13H12F5N3.